The van der Waals surface area contributed by atoms with Gasteiger partial charge in [-0.3, -0.25) is 4.79 Å². The molecule has 0 spiro atoms. The maximum atomic E-state index is 11.7. The number of hydrogen-bond acceptors (Lipinski definition) is 4. The fraction of sp³-hybridized carbons (Fsp3) is 0.562. The molecule has 2 unspecified atom stereocenters. The highest BCUT2D eigenvalue weighted by atomic mass is 16.5. The molecular weight excluding hydrogens is 268 g/mol. The number of hydrogen-bond donors (Lipinski definition) is 3. The first-order valence-corrected chi connectivity index (χ1v) is 7.29. The topological polar surface area (TPSA) is 70.6 Å². The second kappa shape index (κ2) is 8.64. The molecule has 0 heterocycles. The monoisotopic (exact) mass is 294 g/mol. The third-order valence-electron chi connectivity index (χ3n) is 2.92. The van der Waals surface area contributed by atoms with Crippen LogP contribution in [0.4, 0.5) is 0 Å². The molecule has 0 fully saturated rings. The lowest BCUT2D eigenvalue weighted by molar-refractivity contribution is -0.123. The highest BCUT2D eigenvalue weighted by molar-refractivity contribution is 5.81. The van der Waals surface area contributed by atoms with Crippen molar-refractivity contribution in [2.24, 2.45) is 0 Å². The van der Waals surface area contributed by atoms with Crippen LogP contribution in [-0.2, 0) is 4.79 Å². The lowest BCUT2D eigenvalue weighted by atomic mass is 10.2. The zero-order chi connectivity index (χ0) is 15.8. The quantitative estimate of drug-likeness (QED) is 0.674. The first-order chi connectivity index (χ1) is 9.88. The van der Waals surface area contributed by atoms with Crippen molar-refractivity contribution in [2.75, 3.05) is 13.2 Å². The Labute approximate surface area is 126 Å². The van der Waals surface area contributed by atoms with E-state index in [9.17, 15) is 9.90 Å². The Morgan fingerprint density at radius 3 is 2.67 bits per heavy atom. The van der Waals surface area contributed by atoms with Crippen molar-refractivity contribution in [1.29, 1.82) is 0 Å². The Kier molecular flexibility index (Phi) is 7.19. The van der Waals surface area contributed by atoms with Gasteiger partial charge in [0.1, 0.15) is 18.5 Å². The van der Waals surface area contributed by atoms with E-state index >= 15 is 0 Å². The van der Waals surface area contributed by atoms with Gasteiger partial charge in [0.25, 0.3) is 0 Å². The fourth-order valence-corrected chi connectivity index (χ4v) is 1.77. The summed E-state index contributed by atoms with van der Waals surface area (Å²) in [6, 6.07) is 7.43. The molecular formula is C16H26N2O3. The Bertz CT molecular complexity index is 449. The second-order valence-electron chi connectivity index (χ2n) is 5.57. The van der Waals surface area contributed by atoms with Crippen LogP contribution in [0, 0.1) is 6.92 Å². The van der Waals surface area contributed by atoms with Crippen LogP contribution >= 0.6 is 0 Å². The maximum Gasteiger partial charge on any atom is 0.237 e. The third kappa shape index (κ3) is 7.11. The average Bonchev–Trinajstić information content (AvgIpc) is 2.41. The van der Waals surface area contributed by atoms with Crippen LogP contribution in [0.15, 0.2) is 24.3 Å². The minimum absolute atomic E-state index is 0.0724. The maximum absolute atomic E-state index is 11.7. The Morgan fingerprint density at radius 2 is 2.05 bits per heavy atom. The normalized spacial score (nSPS) is 13.8. The molecule has 118 valence electrons. The molecule has 0 aliphatic heterocycles. The number of ether oxygens (including phenoxy) is 1. The number of rotatable bonds is 8. The summed E-state index contributed by atoms with van der Waals surface area (Å²) in [4.78, 5) is 11.7. The van der Waals surface area contributed by atoms with Crippen LogP contribution in [-0.4, -0.2) is 42.4 Å². The number of aliphatic hydroxyl groups excluding tert-OH is 1. The van der Waals surface area contributed by atoms with E-state index in [0.717, 1.165) is 11.3 Å². The van der Waals surface area contributed by atoms with Crippen LogP contribution in [0.2, 0.25) is 0 Å². The van der Waals surface area contributed by atoms with Crippen molar-refractivity contribution in [3.8, 4) is 5.75 Å². The predicted molar refractivity (Wildman–Crippen MR) is 83.4 cm³/mol. The number of nitrogens with one attached hydrogen (secondary N) is 2. The van der Waals surface area contributed by atoms with Crippen molar-refractivity contribution < 1.29 is 14.6 Å². The first kappa shape index (κ1) is 17.5. The summed E-state index contributed by atoms with van der Waals surface area (Å²) in [7, 11) is 0. The van der Waals surface area contributed by atoms with Crippen LogP contribution in [0.1, 0.15) is 26.3 Å². The fourth-order valence-electron chi connectivity index (χ4n) is 1.77. The summed E-state index contributed by atoms with van der Waals surface area (Å²) < 4.78 is 5.52. The van der Waals surface area contributed by atoms with Gasteiger partial charge in [-0.25, -0.2) is 0 Å². The molecule has 1 aromatic carbocycles. The molecule has 2 atom stereocenters. The molecule has 0 saturated heterocycles. The predicted octanol–water partition coefficient (Wildman–Crippen LogP) is 1.24. The van der Waals surface area contributed by atoms with Gasteiger partial charge in [-0.1, -0.05) is 12.1 Å². The van der Waals surface area contributed by atoms with E-state index in [4.69, 9.17) is 4.74 Å². The van der Waals surface area contributed by atoms with Crippen LogP contribution < -0.4 is 15.4 Å². The molecule has 1 amide bonds. The zero-order valence-corrected chi connectivity index (χ0v) is 13.2. The van der Waals surface area contributed by atoms with Crippen molar-refractivity contribution in [3.05, 3.63) is 29.8 Å². The van der Waals surface area contributed by atoms with Gasteiger partial charge >= 0.3 is 0 Å². The van der Waals surface area contributed by atoms with E-state index in [2.05, 4.69) is 10.6 Å². The Morgan fingerprint density at radius 1 is 1.33 bits per heavy atom. The van der Waals surface area contributed by atoms with Gasteiger partial charge in [-0.2, -0.15) is 0 Å². The summed E-state index contributed by atoms with van der Waals surface area (Å²) >= 11 is 0. The van der Waals surface area contributed by atoms with E-state index < -0.39 is 6.10 Å². The van der Waals surface area contributed by atoms with Crippen molar-refractivity contribution >= 4 is 5.91 Å². The SMILES string of the molecule is Cc1cccc(OCC(O)CNC(C)C(=O)NC(C)C)c1. The Balaban J connectivity index is 2.27. The average molecular weight is 294 g/mol. The van der Waals surface area contributed by atoms with Crippen LogP contribution in [0.5, 0.6) is 5.75 Å². The first-order valence-electron chi connectivity index (χ1n) is 7.29. The van der Waals surface area contributed by atoms with E-state index in [1.165, 1.54) is 0 Å². The van der Waals surface area contributed by atoms with Gasteiger partial charge < -0.3 is 20.5 Å². The van der Waals surface area contributed by atoms with Crippen molar-refractivity contribution in [2.45, 2.75) is 45.9 Å². The molecule has 3 N–H and O–H groups in total. The molecule has 0 bridgehead atoms. The summed E-state index contributed by atoms with van der Waals surface area (Å²) in [6.45, 7) is 8.07. The van der Waals surface area contributed by atoms with E-state index in [-0.39, 0.29) is 24.6 Å². The van der Waals surface area contributed by atoms with E-state index in [1.807, 2.05) is 45.0 Å². The van der Waals surface area contributed by atoms with Gasteiger partial charge in [0.15, 0.2) is 0 Å². The summed E-state index contributed by atoms with van der Waals surface area (Å²) in [5, 5.41) is 15.7. The van der Waals surface area contributed by atoms with Crippen LogP contribution in [0.25, 0.3) is 0 Å². The largest absolute Gasteiger partial charge is 0.491 e. The second-order valence-corrected chi connectivity index (χ2v) is 5.57. The molecule has 5 heteroatoms. The summed E-state index contributed by atoms with van der Waals surface area (Å²) in [6.07, 6.45) is -0.667. The van der Waals surface area contributed by atoms with E-state index in [0.29, 0.717) is 6.54 Å². The summed E-state index contributed by atoms with van der Waals surface area (Å²) in [5.74, 6) is 0.663. The lowest BCUT2D eigenvalue weighted by Crippen LogP contribution is -2.47. The number of aryl methyl sites for hydroxylation is 1. The van der Waals surface area contributed by atoms with E-state index in [1.54, 1.807) is 6.92 Å². The van der Waals surface area contributed by atoms with Gasteiger partial charge in [-0.15, -0.1) is 0 Å². The van der Waals surface area contributed by atoms with Crippen molar-refractivity contribution in [1.82, 2.24) is 10.6 Å². The number of benzene rings is 1. The van der Waals surface area contributed by atoms with Crippen molar-refractivity contribution in [3.63, 3.8) is 0 Å². The Hall–Kier alpha value is -1.59. The molecule has 0 aromatic heterocycles. The summed E-state index contributed by atoms with van der Waals surface area (Å²) in [5.41, 5.74) is 1.11. The van der Waals surface area contributed by atoms with Gasteiger partial charge in [0.05, 0.1) is 6.04 Å². The zero-order valence-electron chi connectivity index (χ0n) is 13.2. The van der Waals surface area contributed by atoms with Gasteiger partial charge in [0, 0.05) is 12.6 Å². The number of carbonyl (C=O) groups excluding carboxylic acids is 1. The number of amides is 1. The standard InChI is InChI=1S/C16H26N2O3/c1-11(2)18-16(20)13(4)17-9-14(19)10-21-15-7-5-6-12(3)8-15/h5-8,11,13-14,17,19H,9-10H2,1-4H3,(H,18,20). The molecule has 1 rings (SSSR count). The number of carbonyl (C=O) groups is 1. The molecule has 21 heavy (non-hydrogen) atoms. The molecule has 5 nitrogen and oxygen atoms in total. The minimum atomic E-state index is -0.667. The van der Waals surface area contributed by atoms with Crippen LogP contribution in [0.3, 0.4) is 0 Å². The molecule has 0 radical (unpaired) electrons. The highest BCUT2D eigenvalue weighted by Gasteiger charge is 2.14. The smallest absolute Gasteiger partial charge is 0.237 e. The van der Waals surface area contributed by atoms with Gasteiger partial charge in [0.2, 0.25) is 5.91 Å². The molecule has 0 aliphatic carbocycles. The third-order valence-corrected chi connectivity index (χ3v) is 2.92. The molecule has 1 aromatic rings. The lowest BCUT2D eigenvalue weighted by Gasteiger charge is -2.18. The molecule has 0 saturated carbocycles. The number of aliphatic hydroxyl groups is 1. The minimum Gasteiger partial charge on any atom is -0.491 e. The molecule has 0 aliphatic rings. The van der Waals surface area contributed by atoms with Gasteiger partial charge in [-0.05, 0) is 45.4 Å². The highest BCUT2D eigenvalue weighted by Crippen LogP contribution is 2.12.